The second-order valence-corrected chi connectivity index (χ2v) is 6.24. The summed E-state index contributed by atoms with van der Waals surface area (Å²) >= 11 is 5.74. The maximum atomic E-state index is 12.1. The number of phenolic OH excluding ortho intramolecular Hbond substituents is 1. The number of hydrogen-bond acceptors (Lipinski definition) is 5. The van der Waals surface area contributed by atoms with Crippen LogP contribution in [-0.4, -0.2) is 29.5 Å². The number of esters is 1. The number of rotatable bonds is 4. The van der Waals surface area contributed by atoms with Gasteiger partial charge in [-0.1, -0.05) is 35.9 Å². The monoisotopic (exact) mass is 398 g/mol. The zero-order valence-corrected chi connectivity index (χ0v) is 15.2. The first-order valence-corrected chi connectivity index (χ1v) is 8.55. The maximum Gasteiger partial charge on any atom is 0.342 e. The number of ether oxygens (including phenoxy) is 1. The second-order valence-electron chi connectivity index (χ2n) is 5.80. The highest BCUT2D eigenvalue weighted by Gasteiger charge is 2.16. The Kier molecular flexibility index (Phi) is 5.76. The molecule has 0 aliphatic carbocycles. The van der Waals surface area contributed by atoms with Gasteiger partial charge in [0.1, 0.15) is 11.3 Å². The first-order valence-electron chi connectivity index (χ1n) is 8.17. The molecule has 2 amide bonds. The minimum Gasteiger partial charge on any atom is -0.507 e. The van der Waals surface area contributed by atoms with Crippen molar-refractivity contribution in [1.29, 1.82) is 0 Å². The Morgan fingerprint density at radius 2 is 1.57 bits per heavy atom. The van der Waals surface area contributed by atoms with Crippen molar-refractivity contribution in [3.05, 3.63) is 76.8 Å². The molecule has 0 saturated heterocycles. The number of carbonyl (C=O) groups excluding carboxylic acids is 3. The second kappa shape index (κ2) is 8.41. The van der Waals surface area contributed by atoms with Crippen LogP contribution in [0.4, 0.5) is 0 Å². The topological polar surface area (TPSA) is 105 Å². The van der Waals surface area contributed by atoms with Crippen LogP contribution >= 0.6 is 11.6 Å². The van der Waals surface area contributed by atoms with Gasteiger partial charge >= 0.3 is 5.97 Å². The molecule has 142 valence electrons. The van der Waals surface area contributed by atoms with Crippen LogP contribution in [0.5, 0.6) is 5.75 Å². The van der Waals surface area contributed by atoms with Crippen LogP contribution in [0.2, 0.25) is 5.02 Å². The van der Waals surface area contributed by atoms with Crippen LogP contribution in [-0.2, 0) is 9.53 Å². The summed E-state index contributed by atoms with van der Waals surface area (Å²) in [6.45, 7) is -0.633. The van der Waals surface area contributed by atoms with Crippen molar-refractivity contribution in [2.75, 3.05) is 6.61 Å². The highest BCUT2D eigenvalue weighted by molar-refractivity contribution is 6.30. The normalized spacial score (nSPS) is 10.3. The van der Waals surface area contributed by atoms with Crippen LogP contribution in [0.25, 0.3) is 10.8 Å². The number of phenols is 1. The summed E-state index contributed by atoms with van der Waals surface area (Å²) in [5.74, 6) is -2.40. The van der Waals surface area contributed by atoms with Crippen molar-refractivity contribution in [2.24, 2.45) is 0 Å². The molecule has 28 heavy (non-hydrogen) atoms. The van der Waals surface area contributed by atoms with Crippen molar-refractivity contribution in [1.82, 2.24) is 10.9 Å². The molecular formula is C20H15ClN2O5. The summed E-state index contributed by atoms with van der Waals surface area (Å²) in [5, 5.41) is 12.0. The van der Waals surface area contributed by atoms with Crippen molar-refractivity contribution < 1.29 is 24.2 Å². The molecule has 8 heteroatoms. The summed E-state index contributed by atoms with van der Waals surface area (Å²) < 4.78 is 4.89. The Bertz CT molecular complexity index is 1050. The molecule has 0 unspecified atom stereocenters. The van der Waals surface area contributed by atoms with Gasteiger partial charge in [-0.25, -0.2) is 4.79 Å². The van der Waals surface area contributed by atoms with Crippen molar-refractivity contribution in [2.45, 2.75) is 0 Å². The molecule has 0 saturated carbocycles. The summed E-state index contributed by atoms with van der Waals surface area (Å²) in [4.78, 5) is 35.8. The Labute approximate surface area is 164 Å². The van der Waals surface area contributed by atoms with E-state index >= 15 is 0 Å². The number of halogens is 1. The lowest BCUT2D eigenvalue weighted by molar-refractivity contribution is -0.125. The van der Waals surface area contributed by atoms with Crippen LogP contribution in [0.1, 0.15) is 20.7 Å². The SMILES string of the molecule is O=C(COC(=O)c1cc2ccccc2cc1O)NNC(=O)c1ccc(Cl)cc1. The fraction of sp³-hybridized carbons (Fsp3) is 0.0500. The Morgan fingerprint density at radius 1 is 0.929 bits per heavy atom. The molecule has 0 atom stereocenters. The number of carbonyl (C=O) groups is 3. The van der Waals surface area contributed by atoms with Crippen molar-refractivity contribution in [3.8, 4) is 5.75 Å². The van der Waals surface area contributed by atoms with Gasteiger partial charge < -0.3 is 9.84 Å². The minimum absolute atomic E-state index is 0.0586. The van der Waals surface area contributed by atoms with Crippen LogP contribution in [0.15, 0.2) is 60.7 Å². The molecule has 7 nitrogen and oxygen atoms in total. The predicted octanol–water partition coefficient (Wildman–Crippen LogP) is 2.82. The summed E-state index contributed by atoms with van der Waals surface area (Å²) in [6.07, 6.45) is 0. The van der Waals surface area contributed by atoms with E-state index in [1.165, 1.54) is 36.4 Å². The van der Waals surface area contributed by atoms with E-state index in [2.05, 4.69) is 10.9 Å². The van der Waals surface area contributed by atoms with E-state index in [1.54, 1.807) is 18.2 Å². The Balaban J connectivity index is 1.54. The number of aromatic hydroxyl groups is 1. The summed E-state index contributed by atoms with van der Waals surface area (Å²) in [7, 11) is 0. The van der Waals surface area contributed by atoms with Gasteiger partial charge in [0.15, 0.2) is 6.61 Å². The maximum absolute atomic E-state index is 12.1. The molecule has 0 aliphatic heterocycles. The number of hydrazine groups is 1. The zero-order chi connectivity index (χ0) is 20.1. The van der Waals surface area contributed by atoms with E-state index in [-0.39, 0.29) is 11.3 Å². The largest absolute Gasteiger partial charge is 0.507 e. The van der Waals surface area contributed by atoms with Crippen molar-refractivity contribution >= 4 is 40.2 Å². The molecule has 3 aromatic rings. The van der Waals surface area contributed by atoms with Crippen molar-refractivity contribution in [3.63, 3.8) is 0 Å². The van der Waals surface area contributed by atoms with Crippen LogP contribution in [0, 0.1) is 0 Å². The average molecular weight is 399 g/mol. The van der Waals surface area contributed by atoms with Gasteiger partial charge in [0.2, 0.25) is 0 Å². The van der Waals surface area contributed by atoms with E-state index in [9.17, 15) is 19.5 Å². The van der Waals surface area contributed by atoms with Gasteiger partial charge in [0.05, 0.1) is 0 Å². The lowest BCUT2D eigenvalue weighted by Gasteiger charge is -2.09. The minimum atomic E-state index is -0.859. The lowest BCUT2D eigenvalue weighted by Crippen LogP contribution is -2.43. The van der Waals surface area contributed by atoms with Crippen LogP contribution < -0.4 is 10.9 Å². The first kappa shape index (κ1) is 19.2. The molecule has 0 fully saturated rings. The first-order chi connectivity index (χ1) is 13.4. The Morgan fingerprint density at radius 3 is 2.25 bits per heavy atom. The standard InChI is InChI=1S/C20H15ClN2O5/c21-15-7-5-12(6-8-15)19(26)23-22-18(25)11-28-20(27)16-9-13-3-1-2-4-14(13)10-17(16)24/h1-10,24H,11H2,(H,22,25)(H,23,26). The molecule has 0 aliphatic rings. The molecule has 0 aromatic heterocycles. The smallest absolute Gasteiger partial charge is 0.342 e. The van der Waals surface area contributed by atoms with Gasteiger partial charge in [-0.3, -0.25) is 20.4 Å². The quantitative estimate of drug-likeness (QED) is 0.463. The van der Waals surface area contributed by atoms with Gasteiger partial charge in [-0.15, -0.1) is 0 Å². The number of hydrogen-bond donors (Lipinski definition) is 3. The van der Waals surface area contributed by atoms with E-state index in [4.69, 9.17) is 16.3 Å². The average Bonchev–Trinajstić information content (AvgIpc) is 2.70. The van der Waals surface area contributed by atoms with Gasteiger partial charge in [-0.2, -0.15) is 0 Å². The fourth-order valence-corrected chi connectivity index (χ4v) is 2.56. The van der Waals surface area contributed by atoms with E-state index in [0.717, 1.165) is 10.8 Å². The molecule has 0 heterocycles. The van der Waals surface area contributed by atoms with E-state index in [0.29, 0.717) is 10.6 Å². The summed E-state index contributed by atoms with van der Waals surface area (Å²) in [6, 6.07) is 16.2. The number of amides is 2. The van der Waals surface area contributed by atoms with Gasteiger partial charge in [0.25, 0.3) is 11.8 Å². The lowest BCUT2D eigenvalue weighted by atomic mass is 10.1. The van der Waals surface area contributed by atoms with E-state index in [1.807, 2.05) is 6.07 Å². The fourth-order valence-electron chi connectivity index (χ4n) is 2.44. The molecule has 0 radical (unpaired) electrons. The highest BCUT2D eigenvalue weighted by atomic mass is 35.5. The third kappa shape index (κ3) is 4.57. The third-order valence-electron chi connectivity index (χ3n) is 3.84. The molecular weight excluding hydrogens is 384 g/mol. The van der Waals surface area contributed by atoms with Crippen LogP contribution in [0.3, 0.4) is 0 Å². The van der Waals surface area contributed by atoms with Gasteiger partial charge in [0, 0.05) is 10.6 Å². The van der Waals surface area contributed by atoms with Gasteiger partial charge in [-0.05, 0) is 47.2 Å². The zero-order valence-electron chi connectivity index (χ0n) is 14.4. The Hall–Kier alpha value is -3.58. The number of fused-ring (bicyclic) bond motifs is 1. The molecule has 3 rings (SSSR count). The molecule has 0 bridgehead atoms. The predicted molar refractivity (Wildman–Crippen MR) is 103 cm³/mol. The molecule has 0 spiro atoms. The summed E-state index contributed by atoms with van der Waals surface area (Å²) in [5.41, 5.74) is 4.57. The molecule has 3 aromatic carbocycles. The third-order valence-corrected chi connectivity index (χ3v) is 4.09. The highest BCUT2D eigenvalue weighted by Crippen LogP contribution is 2.25. The number of nitrogens with one attached hydrogen (secondary N) is 2. The van der Waals surface area contributed by atoms with E-state index < -0.39 is 24.4 Å². The number of benzene rings is 3. The molecule has 3 N–H and O–H groups in total.